The molecule has 1 rings (SSSR count). The highest BCUT2D eigenvalue weighted by Crippen LogP contribution is 2.27. The van der Waals surface area contributed by atoms with Gasteiger partial charge in [0.2, 0.25) is 0 Å². The second-order valence-electron chi connectivity index (χ2n) is 5.32. The van der Waals surface area contributed by atoms with Crippen molar-refractivity contribution in [1.82, 2.24) is 4.90 Å². The van der Waals surface area contributed by atoms with Crippen molar-refractivity contribution in [2.45, 2.75) is 53.0 Å². The zero-order chi connectivity index (χ0) is 13.9. The number of ketones is 1. The predicted octanol–water partition coefficient (Wildman–Crippen LogP) is 2.44. The summed E-state index contributed by atoms with van der Waals surface area (Å²) in [5.41, 5.74) is -0.0169. The van der Waals surface area contributed by atoms with Crippen LogP contribution in [-0.2, 0) is 9.59 Å². The van der Waals surface area contributed by atoms with Crippen LogP contribution in [0.2, 0.25) is 0 Å². The molecule has 102 valence electrons. The Morgan fingerprint density at radius 2 is 2.00 bits per heavy atom. The number of nitrogens with zero attached hydrogens (tertiary/aromatic N) is 1. The van der Waals surface area contributed by atoms with Crippen LogP contribution in [0.3, 0.4) is 0 Å². The monoisotopic (exact) mass is 253 g/mol. The Bertz CT molecular complexity index is 367. The van der Waals surface area contributed by atoms with Crippen LogP contribution in [0.1, 0.15) is 47.0 Å². The highest BCUT2D eigenvalue weighted by molar-refractivity contribution is 6.26. The molecule has 1 fully saturated rings. The Morgan fingerprint density at radius 1 is 1.39 bits per heavy atom. The maximum absolute atomic E-state index is 12.2. The molecule has 18 heavy (non-hydrogen) atoms. The molecule has 1 atom stereocenters. The summed E-state index contributed by atoms with van der Waals surface area (Å²) in [5.74, 6) is -0.337. The van der Waals surface area contributed by atoms with Crippen molar-refractivity contribution in [3.05, 3.63) is 11.3 Å². The number of amides is 1. The number of aliphatic hydroxyl groups is 1. The van der Waals surface area contributed by atoms with Crippen LogP contribution in [0.25, 0.3) is 0 Å². The van der Waals surface area contributed by atoms with Crippen molar-refractivity contribution in [3.8, 4) is 0 Å². The van der Waals surface area contributed by atoms with Gasteiger partial charge in [-0.3, -0.25) is 9.59 Å². The van der Waals surface area contributed by atoms with Gasteiger partial charge in [0.15, 0.2) is 5.78 Å². The molecule has 0 aliphatic carbocycles. The van der Waals surface area contributed by atoms with Crippen LogP contribution in [-0.4, -0.2) is 34.3 Å². The SMILES string of the molecule is CCCCN1C(=O)C(=C(C)O)C(=O)[C@@H]1CC(C)C. The molecule has 1 amide bonds. The maximum Gasteiger partial charge on any atom is 0.261 e. The van der Waals surface area contributed by atoms with Crippen molar-refractivity contribution in [1.29, 1.82) is 0 Å². The van der Waals surface area contributed by atoms with Crippen LogP contribution < -0.4 is 0 Å². The first-order valence-corrected chi connectivity index (χ1v) is 6.65. The molecule has 4 heteroatoms. The van der Waals surface area contributed by atoms with Gasteiger partial charge in [-0.25, -0.2) is 0 Å². The molecule has 0 radical (unpaired) electrons. The van der Waals surface area contributed by atoms with Gasteiger partial charge >= 0.3 is 0 Å². The first-order chi connectivity index (χ1) is 8.40. The van der Waals surface area contributed by atoms with Gasteiger partial charge in [0.1, 0.15) is 11.3 Å². The van der Waals surface area contributed by atoms with Gasteiger partial charge in [0, 0.05) is 6.54 Å². The summed E-state index contributed by atoms with van der Waals surface area (Å²) in [6.07, 6.45) is 2.51. The molecule has 1 aliphatic heterocycles. The Labute approximate surface area is 109 Å². The van der Waals surface area contributed by atoms with Crippen molar-refractivity contribution in [2.24, 2.45) is 5.92 Å². The quantitative estimate of drug-likeness (QED) is 0.465. The molecule has 1 saturated heterocycles. The molecule has 0 bridgehead atoms. The number of Topliss-reactive ketones (excluding diaryl/α,β-unsaturated/α-hetero) is 1. The van der Waals surface area contributed by atoms with E-state index in [9.17, 15) is 14.7 Å². The molecule has 4 nitrogen and oxygen atoms in total. The van der Waals surface area contributed by atoms with Crippen molar-refractivity contribution >= 4 is 11.7 Å². The Morgan fingerprint density at radius 3 is 2.44 bits per heavy atom. The smallest absolute Gasteiger partial charge is 0.261 e. The standard InChI is InChI=1S/C14H23NO3/c1-5-6-7-15-11(8-9(2)3)13(17)12(10(4)16)14(15)18/h9,11,16H,5-8H2,1-4H3/t11-/m0/s1. The van der Waals surface area contributed by atoms with Gasteiger partial charge in [-0.1, -0.05) is 27.2 Å². The van der Waals surface area contributed by atoms with E-state index in [1.165, 1.54) is 6.92 Å². The van der Waals surface area contributed by atoms with E-state index < -0.39 is 0 Å². The van der Waals surface area contributed by atoms with E-state index in [-0.39, 0.29) is 29.1 Å². The molecule has 0 aromatic heterocycles. The fraction of sp³-hybridized carbons (Fsp3) is 0.714. The fourth-order valence-corrected chi connectivity index (χ4v) is 2.30. The highest BCUT2D eigenvalue weighted by Gasteiger charge is 2.43. The van der Waals surface area contributed by atoms with E-state index >= 15 is 0 Å². The molecular formula is C14H23NO3. The molecule has 1 heterocycles. The molecule has 1 aliphatic rings. The molecule has 0 unspecified atom stereocenters. The number of carbonyl (C=O) groups excluding carboxylic acids is 2. The summed E-state index contributed by atoms with van der Waals surface area (Å²) in [7, 11) is 0. The van der Waals surface area contributed by atoms with Gasteiger partial charge < -0.3 is 10.0 Å². The van der Waals surface area contributed by atoms with Crippen molar-refractivity contribution in [3.63, 3.8) is 0 Å². The minimum Gasteiger partial charge on any atom is -0.512 e. The summed E-state index contributed by atoms with van der Waals surface area (Å²) >= 11 is 0. The molecule has 1 N–H and O–H groups in total. The number of likely N-dealkylation sites (tertiary alicyclic amines) is 1. The number of allylic oxidation sites excluding steroid dienone is 1. The number of unbranched alkanes of at least 4 members (excludes halogenated alkanes) is 1. The predicted molar refractivity (Wildman–Crippen MR) is 70.2 cm³/mol. The van der Waals surface area contributed by atoms with Crippen LogP contribution in [0.15, 0.2) is 11.3 Å². The summed E-state index contributed by atoms with van der Waals surface area (Å²) in [6.45, 7) is 8.11. The number of rotatable bonds is 5. The second-order valence-corrected chi connectivity index (χ2v) is 5.32. The van der Waals surface area contributed by atoms with Crippen molar-refractivity contribution < 1.29 is 14.7 Å². The van der Waals surface area contributed by atoms with Crippen LogP contribution >= 0.6 is 0 Å². The number of carbonyl (C=O) groups is 2. The average Bonchev–Trinajstić information content (AvgIpc) is 2.48. The summed E-state index contributed by atoms with van der Waals surface area (Å²) in [5, 5.41) is 9.50. The van der Waals surface area contributed by atoms with Gasteiger partial charge in [-0.05, 0) is 25.7 Å². The molecule has 0 saturated carbocycles. The lowest BCUT2D eigenvalue weighted by molar-refractivity contribution is -0.127. The Balaban J connectivity index is 3.00. The first-order valence-electron chi connectivity index (χ1n) is 6.65. The largest absolute Gasteiger partial charge is 0.512 e. The third-order valence-corrected chi connectivity index (χ3v) is 3.21. The zero-order valence-electron chi connectivity index (χ0n) is 11.7. The molecule has 0 aromatic rings. The average molecular weight is 253 g/mol. The Hall–Kier alpha value is -1.32. The van der Waals surface area contributed by atoms with Crippen LogP contribution in [0.5, 0.6) is 0 Å². The lowest BCUT2D eigenvalue weighted by Gasteiger charge is -2.24. The van der Waals surface area contributed by atoms with Gasteiger partial charge in [-0.2, -0.15) is 0 Å². The van der Waals surface area contributed by atoms with E-state index in [0.29, 0.717) is 18.9 Å². The topological polar surface area (TPSA) is 57.6 Å². The van der Waals surface area contributed by atoms with Crippen LogP contribution in [0, 0.1) is 5.92 Å². The van der Waals surface area contributed by atoms with Gasteiger partial charge in [0.25, 0.3) is 5.91 Å². The first kappa shape index (κ1) is 14.7. The number of hydrogen-bond donors (Lipinski definition) is 1. The lowest BCUT2D eigenvalue weighted by atomic mass is 9.99. The summed E-state index contributed by atoms with van der Waals surface area (Å²) < 4.78 is 0. The van der Waals surface area contributed by atoms with E-state index in [1.807, 2.05) is 20.8 Å². The third-order valence-electron chi connectivity index (χ3n) is 3.21. The van der Waals surface area contributed by atoms with Gasteiger partial charge in [0.05, 0.1) is 6.04 Å². The van der Waals surface area contributed by atoms with Gasteiger partial charge in [-0.15, -0.1) is 0 Å². The van der Waals surface area contributed by atoms with Crippen molar-refractivity contribution in [2.75, 3.05) is 6.54 Å². The van der Waals surface area contributed by atoms with Crippen LogP contribution in [0.4, 0.5) is 0 Å². The lowest BCUT2D eigenvalue weighted by Crippen LogP contribution is -2.37. The number of hydrogen-bond acceptors (Lipinski definition) is 3. The zero-order valence-corrected chi connectivity index (χ0v) is 11.7. The normalized spacial score (nSPS) is 23.2. The second kappa shape index (κ2) is 6.03. The van der Waals surface area contributed by atoms with E-state index in [2.05, 4.69) is 0 Å². The summed E-state index contributed by atoms with van der Waals surface area (Å²) in [6, 6.07) is -0.388. The highest BCUT2D eigenvalue weighted by atomic mass is 16.3. The minimum absolute atomic E-state index is 0.0169. The Kier molecular flexibility index (Phi) is 4.93. The molecule has 0 spiro atoms. The molecule has 0 aromatic carbocycles. The third kappa shape index (κ3) is 2.92. The fourth-order valence-electron chi connectivity index (χ4n) is 2.30. The summed E-state index contributed by atoms with van der Waals surface area (Å²) in [4.78, 5) is 26.0. The minimum atomic E-state index is -0.388. The van der Waals surface area contributed by atoms with E-state index in [4.69, 9.17) is 0 Å². The number of aliphatic hydroxyl groups excluding tert-OH is 1. The molecular weight excluding hydrogens is 230 g/mol. The van der Waals surface area contributed by atoms with E-state index in [1.54, 1.807) is 4.90 Å². The maximum atomic E-state index is 12.2. The van der Waals surface area contributed by atoms with E-state index in [0.717, 1.165) is 12.8 Å².